The largest absolute Gasteiger partial charge is 0.466 e. The van der Waals surface area contributed by atoms with Crippen LogP contribution in [0.5, 0.6) is 0 Å². The van der Waals surface area contributed by atoms with Gasteiger partial charge in [-0.25, -0.2) is 4.79 Å². The van der Waals surface area contributed by atoms with Gasteiger partial charge in [0.05, 0.1) is 26.1 Å². The average molecular weight is 590 g/mol. The van der Waals surface area contributed by atoms with Gasteiger partial charge in [0, 0.05) is 17.5 Å². The van der Waals surface area contributed by atoms with Crippen molar-refractivity contribution in [2.45, 2.75) is 123 Å². The molecule has 0 saturated heterocycles. The van der Waals surface area contributed by atoms with Crippen LogP contribution >= 0.6 is 0 Å². The normalized spacial score (nSPS) is 12.6. The van der Waals surface area contributed by atoms with Crippen molar-refractivity contribution < 1.29 is 38.2 Å². The van der Waals surface area contributed by atoms with Gasteiger partial charge in [-0.2, -0.15) is 0 Å². The van der Waals surface area contributed by atoms with E-state index in [1.165, 1.54) is 0 Å². The first-order valence-corrected chi connectivity index (χ1v) is 15.4. The Morgan fingerprint density at radius 3 is 1.74 bits per heavy atom. The number of Topliss-reactive ketones (excluding diaryl/α,β-unsaturated/α-hetero) is 2. The SMILES string of the molecule is CCOC(=O)CC(CCCCCCCCCCC(CC(=O)OCC)C(=O)C(=O)c1ccccc1)NC(=O)OC(C)(C)C. The van der Waals surface area contributed by atoms with Crippen molar-refractivity contribution in [1.82, 2.24) is 5.32 Å². The molecule has 42 heavy (non-hydrogen) atoms. The fraction of sp³-hybridized carbons (Fsp3) is 0.667. The Balaban J connectivity index is 2.38. The number of carbonyl (C=O) groups excluding carboxylic acids is 5. The molecule has 9 nitrogen and oxygen atoms in total. The van der Waals surface area contributed by atoms with Gasteiger partial charge in [-0.15, -0.1) is 0 Å². The summed E-state index contributed by atoms with van der Waals surface area (Å²) in [7, 11) is 0. The molecule has 2 unspecified atom stereocenters. The van der Waals surface area contributed by atoms with Crippen LogP contribution in [0.2, 0.25) is 0 Å². The fourth-order valence-corrected chi connectivity index (χ4v) is 4.63. The van der Waals surface area contributed by atoms with E-state index in [2.05, 4.69) is 5.32 Å². The molecule has 1 N–H and O–H groups in total. The Morgan fingerprint density at radius 1 is 0.714 bits per heavy atom. The van der Waals surface area contributed by atoms with E-state index >= 15 is 0 Å². The summed E-state index contributed by atoms with van der Waals surface area (Å²) >= 11 is 0. The highest BCUT2D eigenvalue weighted by Crippen LogP contribution is 2.20. The summed E-state index contributed by atoms with van der Waals surface area (Å²) in [5, 5.41) is 2.80. The van der Waals surface area contributed by atoms with Gasteiger partial charge in [-0.1, -0.05) is 81.7 Å². The molecule has 1 aromatic carbocycles. The van der Waals surface area contributed by atoms with Crippen molar-refractivity contribution >= 4 is 29.6 Å². The second-order valence-corrected chi connectivity index (χ2v) is 11.5. The number of ether oxygens (including phenoxy) is 3. The molecule has 0 aromatic heterocycles. The Bertz CT molecular complexity index is 970. The summed E-state index contributed by atoms with van der Waals surface area (Å²) in [5.74, 6) is -2.56. The maximum atomic E-state index is 12.9. The van der Waals surface area contributed by atoms with Crippen LogP contribution < -0.4 is 5.32 Å². The third kappa shape index (κ3) is 16.9. The molecule has 0 radical (unpaired) electrons. The number of ketones is 2. The van der Waals surface area contributed by atoms with E-state index in [-0.39, 0.29) is 31.5 Å². The lowest BCUT2D eigenvalue weighted by Crippen LogP contribution is -2.40. The van der Waals surface area contributed by atoms with Crippen molar-refractivity contribution in [2.24, 2.45) is 5.92 Å². The van der Waals surface area contributed by atoms with Crippen LogP contribution in [0.15, 0.2) is 30.3 Å². The Morgan fingerprint density at radius 2 is 1.21 bits per heavy atom. The lowest BCUT2D eigenvalue weighted by molar-refractivity contribution is -0.146. The van der Waals surface area contributed by atoms with Gasteiger partial charge in [0.2, 0.25) is 11.6 Å². The van der Waals surface area contributed by atoms with Gasteiger partial charge in [-0.05, 0) is 47.5 Å². The van der Waals surface area contributed by atoms with Gasteiger partial charge in [0.25, 0.3) is 0 Å². The third-order valence-corrected chi connectivity index (χ3v) is 6.64. The van der Waals surface area contributed by atoms with Gasteiger partial charge >= 0.3 is 18.0 Å². The fourth-order valence-electron chi connectivity index (χ4n) is 4.63. The highest BCUT2D eigenvalue weighted by molar-refractivity contribution is 6.44. The van der Waals surface area contributed by atoms with E-state index < -0.39 is 35.1 Å². The number of rotatable bonds is 21. The highest BCUT2D eigenvalue weighted by atomic mass is 16.6. The first kappa shape index (κ1) is 36.8. The summed E-state index contributed by atoms with van der Waals surface area (Å²) in [4.78, 5) is 61.8. The molecular weight excluding hydrogens is 538 g/mol. The maximum Gasteiger partial charge on any atom is 0.407 e. The number of hydrogen-bond acceptors (Lipinski definition) is 8. The molecule has 0 saturated carbocycles. The second kappa shape index (κ2) is 20.6. The van der Waals surface area contributed by atoms with E-state index in [9.17, 15) is 24.0 Å². The minimum Gasteiger partial charge on any atom is -0.466 e. The smallest absolute Gasteiger partial charge is 0.407 e. The number of benzene rings is 1. The molecule has 1 amide bonds. The van der Waals surface area contributed by atoms with Crippen LogP contribution in [0.25, 0.3) is 0 Å². The summed E-state index contributed by atoms with van der Waals surface area (Å²) in [6.07, 6.45) is 8.28. The lowest BCUT2D eigenvalue weighted by Gasteiger charge is -2.23. The molecule has 2 atom stereocenters. The molecule has 0 spiro atoms. The van der Waals surface area contributed by atoms with Crippen LogP contribution in [-0.4, -0.2) is 54.5 Å². The van der Waals surface area contributed by atoms with E-state index in [4.69, 9.17) is 14.2 Å². The van der Waals surface area contributed by atoms with Crippen molar-refractivity contribution in [3.05, 3.63) is 35.9 Å². The summed E-state index contributed by atoms with van der Waals surface area (Å²) in [6, 6.07) is 8.09. The first-order chi connectivity index (χ1) is 20.0. The number of carbonyl (C=O) groups is 5. The predicted octanol–water partition coefficient (Wildman–Crippen LogP) is 6.76. The van der Waals surface area contributed by atoms with E-state index in [0.29, 0.717) is 25.0 Å². The number of unbranched alkanes of at least 4 members (excludes halogenated alkanes) is 7. The maximum absolute atomic E-state index is 12.9. The molecule has 0 aliphatic rings. The van der Waals surface area contributed by atoms with Crippen LogP contribution in [0, 0.1) is 5.92 Å². The molecule has 0 bridgehead atoms. The average Bonchev–Trinajstić information content (AvgIpc) is 2.92. The number of esters is 2. The Labute approximate surface area is 251 Å². The molecule has 0 heterocycles. The van der Waals surface area contributed by atoms with E-state index in [0.717, 1.165) is 51.4 Å². The standard InChI is InChI=1S/C33H51NO8/c1-6-40-28(35)23-26(31(38)30(37)25-19-16-14-17-20-25)21-15-12-10-8-9-11-13-18-22-27(24-29(36)41-7-2)34-32(39)42-33(3,4)5/h14,16-17,19-20,26-27H,6-13,15,18,21-24H2,1-5H3,(H,34,39). The van der Waals surface area contributed by atoms with E-state index in [1.54, 1.807) is 65.0 Å². The second-order valence-electron chi connectivity index (χ2n) is 11.5. The van der Waals surface area contributed by atoms with Crippen molar-refractivity contribution in [3.8, 4) is 0 Å². The zero-order chi connectivity index (χ0) is 31.4. The molecule has 0 aliphatic carbocycles. The van der Waals surface area contributed by atoms with Gasteiger partial charge in [0.1, 0.15) is 5.60 Å². The zero-order valence-corrected chi connectivity index (χ0v) is 26.2. The zero-order valence-electron chi connectivity index (χ0n) is 26.2. The molecule has 0 aliphatic heterocycles. The molecule has 9 heteroatoms. The molecule has 0 fully saturated rings. The summed E-state index contributed by atoms with van der Waals surface area (Å²) < 4.78 is 15.4. The van der Waals surface area contributed by atoms with Gasteiger partial charge < -0.3 is 19.5 Å². The first-order valence-electron chi connectivity index (χ1n) is 15.4. The minimum absolute atomic E-state index is 0.0782. The van der Waals surface area contributed by atoms with Crippen molar-refractivity contribution in [3.63, 3.8) is 0 Å². The summed E-state index contributed by atoms with van der Waals surface area (Å²) in [5.41, 5.74) is -0.278. The van der Waals surface area contributed by atoms with Gasteiger partial charge in [0.15, 0.2) is 0 Å². The van der Waals surface area contributed by atoms with Crippen LogP contribution in [0.3, 0.4) is 0 Å². The molecule has 1 aromatic rings. The number of amides is 1. The third-order valence-electron chi connectivity index (χ3n) is 6.64. The number of nitrogens with one attached hydrogen (secondary N) is 1. The topological polar surface area (TPSA) is 125 Å². The Kier molecular flexibility index (Phi) is 18.1. The Hall–Kier alpha value is -3.23. The number of alkyl carbamates (subject to hydrolysis) is 1. The van der Waals surface area contributed by atoms with E-state index in [1.807, 2.05) is 0 Å². The molecule has 1 rings (SSSR count). The molecule has 236 valence electrons. The summed E-state index contributed by atoms with van der Waals surface area (Å²) in [6.45, 7) is 9.38. The van der Waals surface area contributed by atoms with Crippen molar-refractivity contribution in [2.75, 3.05) is 13.2 Å². The van der Waals surface area contributed by atoms with Gasteiger partial charge in [-0.3, -0.25) is 19.2 Å². The quantitative estimate of drug-likeness (QED) is 0.0548. The predicted molar refractivity (Wildman–Crippen MR) is 161 cm³/mol. The lowest BCUT2D eigenvalue weighted by atomic mass is 9.89. The monoisotopic (exact) mass is 589 g/mol. The van der Waals surface area contributed by atoms with Crippen molar-refractivity contribution in [1.29, 1.82) is 0 Å². The molecular formula is C33H51NO8. The van der Waals surface area contributed by atoms with Crippen LogP contribution in [-0.2, 0) is 28.6 Å². The highest BCUT2D eigenvalue weighted by Gasteiger charge is 2.28. The number of hydrogen-bond donors (Lipinski definition) is 1. The van der Waals surface area contributed by atoms with Crippen LogP contribution in [0.1, 0.15) is 122 Å². The van der Waals surface area contributed by atoms with Crippen LogP contribution in [0.4, 0.5) is 4.79 Å². The minimum atomic E-state index is -0.673.